The lowest BCUT2D eigenvalue weighted by molar-refractivity contribution is -0.359. The van der Waals surface area contributed by atoms with Gasteiger partial charge in [0, 0.05) is 0 Å². The van der Waals surface area contributed by atoms with E-state index >= 15 is 0 Å². The fourth-order valence-corrected chi connectivity index (χ4v) is 1.23. The van der Waals surface area contributed by atoms with Crippen LogP contribution in [0.1, 0.15) is 15.9 Å². The molecule has 0 amide bonds. The van der Waals surface area contributed by atoms with Crippen LogP contribution < -0.4 is 0 Å². The highest BCUT2D eigenvalue weighted by atomic mass is 19.4. The first-order valence-corrected chi connectivity index (χ1v) is 5.44. The van der Waals surface area contributed by atoms with E-state index in [1.54, 1.807) is 6.92 Å². The number of alkyl halides is 7. The van der Waals surface area contributed by atoms with E-state index in [0.717, 1.165) is 17.7 Å². The quantitative estimate of drug-likeness (QED) is 0.620. The summed E-state index contributed by atoms with van der Waals surface area (Å²) in [5, 5.41) is 0. The average Bonchev–Trinajstić information content (AvgIpc) is 2.35. The van der Waals surface area contributed by atoms with Crippen molar-refractivity contribution >= 4 is 5.97 Å². The van der Waals surface area contributed by atoms with Gasteiger partial charge in [-0.1, -0.05) is 17.7 Å². The van der Waals surface area contributed by atoms with Crippen LogP contribution in [0.2, 0.25) is 0 Å². The molecule has 0 aliphatic heterocycles. The maximum Gasteiger partial charge on any atom is 0.460 e. The number of rotatable bonds is 4. The first-order valence-electron chi connectivity index (χ1n) is 5.44. The largest absolute Gasteiger partial charge is 0.460 e. The molecular formula is C12H9F7O2. The zero-order chi connectivity index (χ0) is 16.5. The zero-order valence-electron chi connectivity index (χ0n) is 10.5. The van der Waals surface area contributed by atoms with E-state index in [4.69, 9.17) is 0 Å². The van der Waals surface area contributed by atoms with Gasteiger partial charge in [0.2, 0.25) is 0 Å². The molecule has 0 heterocycles. The minimum atomic E-state index is -6.45. The summed E-state index contributed by atoms with van der Waals surface area (Å²) in [6.07, 6.45) is -6.45. The minimum Gasteiger partial charge on any atom is -0.455 e. The molecule has 0 bridgehead atoms. The molecule has 9 heteroatoms. The van der Waals surface area contributed by atoms with Gasteiger partial charge in [0.05, 0.1) is 5.56 Å². The number of carbonyl (C=O) groups is 1. The highest BCUT2D eigenvalue weighted by molar-refractivity contribution is 5.89. The Morgan fingerprint density at radius 1 is 1.00 bits per heavy atom. The monoisotopic (exact) mass is 318 g/mol. The van der Waals surface area contributed by atoms with Crippen LogP contribution in [-0.4, -0.2) is 30.6 Å². The molecule has 0 saturated heterocycles. The molecule has 0 unspecified atom stereocenters. The molecule has 0 aliphatic rings. The number of benzene rings is 1. The number of aryl methyl sites for hydroxylation is 1. The Hall–Kier alpha value is -1.80. The van der Waals surface area contributed by atoms with E-state index in [0.29, 0.717) is 0 Å². The lowest BCUT2D eigenvalue weighted by Gasteiger charge is -2.27. The maximum absolute atomic E-state index is 12.9. The Morgan fingerprint density at radius 3 is 1.90 bits per heavy atom. The average molecular weight is 318 g/mol. The van der Waals surface area contributed by atoms with Crippen LogP contribution in [0.4, 0.5) is 30.7 Å². The molecule has 0 fully saturated rings. The van der Waals surface area contributed by atoms with Crippen molar-refractivity contribution in [3.05, 3.63) is 35.4 Å². The van der Waals surface area contributed by atoms with E-state index in [1.807, 2.05) is 0 Å². The molecule has 0 radical (unpaired) electrons. The van der Waals surface area contributed by atoms with Gasteiger partial charge in [-0.2, -0.15) is 30.7 Å². The van der Waals surface area contributed by atoms with Crippen LogP contribution >= 0.6 is 0 Å². The third-order valence-corrected chi connectivity index (χ3v) is 2.49. The normalized spacial score (nSPS) is 13.1. The van der Waals surface area contributed by atoms with Crippen molar-refractivity contribution in [2.45, 2.75) is 24.9 Å². The summed E-state index contributed by atoms with van der Waals surface area (Å²) in [6, 6.07) is 5.16. The van der Waals surface area contributed by atoms with E-state index < -0.39 is 30.6 Å². The Balaban J connectivity index is 2.78. The second kappa shape index (κ2) is 5.53. The van der Waals surface area contributed by atoms with Crippen molar-refractivity contribution in [1.29, 1.82) is 0 Å². The fraction of sp³-hybridized carbons (Fsp3) is 0.417. The topological polar surface area (TPSA) is 26.3 Å². The summed E-state index contributed by atoms with van der Waals surface area (Å²) in [5.74, 6) is -13.3. The Kier molecular flexibility index (Phi) is 4.54. The SMILES string of the molecule is Cc1ccc(C(=O)OCC(F)(F)C(F)(F)C(F)(F)F)cc1. The minimum absolute atomic E-state index is 0.244. The highest BCUT2D eigenvalue weighted by Crippen LogP contribution is 2.46. The molecule has 21 heavy (non-hydrogen) atoms. The van der Waals surface area contributed by atoms with Crippen molar-refractivity contribution in [2.75, 3.05) is 6.61 Å². The van der Waals surface area contributed by atoms with E-state index in [-0.39, 0.29) is 5.56 Å². The maximum atomic E-state index is 12.9. The van der Waals surface area contributed by atoms with Crippen molar-refractivity contribution in [2.24, 2.45) is 0 Å². The molecule has 0 N–H and O–H groups in total. The number of hydrogen-bond acceptors (Lipinski definition) is 2. The van der Waals surface area contributed by atoms with E-state index in [2.05, 4.69) is 4.74 Å². The Bertz CT molecular complexity index is 505. The van der Waals surface area contributed by atoms with Crippen LogP contribution in [0.5, 0.6) is 0 Å². The summed E-state index contributed by atoms with van der Waals surface area (Å²) >= 11 is 0. The highest BCUT2D eigenvalue weighted by Gasteiger charge is 2.73. The molecule has 1 aromatic rings. The lowest BCUT2D eigenvalue weighted by atomic mass is 10.1. The predicted molar refractivity (Wildman–Crippen MR) is 57.4 cm³/mol. The summed E-state index contributed by atoms with van der Waals surface area (Å²) in [5.41, 5.74) is 0.479. The second-order valence-electron chi connectivity index (χ2n) is 4.22. The molecule has 118 valence electrons. The van der Waals surface area contributed by atoms with E-state index in [1.165, 1.54) is 12.1 Å². The van der Waals surface area contributed by atoms with Crippen LogP contribution in [-0.2, 0) is 4.74 Å². The number of halogens is 7. The molecule has 0 aromatic heterocycles. The van der Waals surface area contributed by atoms with Crippen LogP contribution in [0.25, 0.3) is 0 Å². The van der Waals surface area contributed by atoms with Crippen molar-refractivity contribution in [1.82, 2.24) is 0 Å². The van der Waals surface area contributed by atoms with Gasteiger partial charge >= 0.3 is 24.0 Å². The third-order valence-electron chi connectivity index (χ3n) is 2.49. The van der Waals surface area contributed by atoms with Crippen LogP contribution in [0.15, 0.2) is 24.3 Å². The first kappa shape index (κ1) is 17.3. The molecular weight excluding hydrogens is 309 g/mol. The predicted octanol–water partition coefficient (Wildman–Crippen LogP) is 3.98. The number of hydrogen-bond donors (Lipinski definition) is 0. The van der Waals surface area contributed by atoms with Gasteiger partial charge < -0.3 is 4.74 Å². The van der Waals surface area contributed by atoms with Crippen molar-refractivity contribution < 1.29 is 40.3 Å². The summed E-state index contributed by atoms with van der Waals surface area (Å²) in [6.45, 7) is -0.723. The lowest BCUT2D eigenvalue weighted by Crippen LogP contribution is -2.54. The zero-order valence-corrected chi connectivity index (χ0v) is 10.5. The van der Waals surface area contributed by atoms with Gasteiger partial charge in [0.25, 0.3) is 0 Å². The van der Waals surface area contributed by atoms with Crippen molar-refractivity contribution in [3.63, 3.8) is 0 Å². The van der Waals surface area contributed by atoms with Gasteiger partial charge in [-0.25, -0.2) is 4.79 Å². The number of ether oxygens (including phenoxy) is 1. The van der Waals surface area contributed by atoms with Gasteiger partial charge in [-0.15, -0.1) is 0 Å². The van der Waals surface area contributed by atoms with Gasteiger partial charge in [-0.05, 0) is 19.1 Å². The van der Waals surface area contributed by atoms with Crippen molar-refractivity contribution in [3.8, 4) is 0 Å². The Morgan fingerprint density at radius 2 is 1.48 bits per heavy atom. The van der Waals surface area contributed by atoms with Crippen LogP contribution in [0.3, 0.4) is 0 Å². The van der Waals surface area contributed by atoms with E-state index in [9.17, 15) is 35.5 Å². The molecule has 0 spiro atoms. The molecule has 0 saturated carbocycles. The standard InChI is InChI=1S/C12H9F7O2/c1-7-2-4-8(5-3-7)9(20)21-6-10(13,14)11(15,16)12(17,18)19/h2-5H,6H2,1H3. The fourth-order valence-electron chi connectivity index (χ4n) is 1.23. The third kappa shape index (κ3) is 3.64. The summed E-state index contributed by atoms with van der Waals surface area (Å²) in [7, 11) is 0. The summed E-state index contributed by atoms with van der Waals surface area (Å²) in [4.78, 5) is 11.3. The first-order chi connectivity index (χ1) is 9.38. The van der Waals surface area contributed by atoms with Gasteiger partial charge in [0.15, 0.2) is 6.61 Å². The summed E-state index contributed by atoms with van der Waals surface area (Å²) < 4.78 is 90.3. The number of esters is 1. The smallest absolute Gasteiger partial charge is 0.455 e. The van der Waals surface area contributed by atoms with Crippen LogP contribution in [0, 0.1) is 6.92 Å². The second-order valence-corrected chi connectivity index (χ2v) is 4.22. The number of carbonyl (C=O) groups excluding carboxylic acids is 1. The molecule has 0 aliphatic carbocycles. The van der Waals surface area contributed by atoms with Gasteiger partial charge in [-0.3, -0.25) is 0 Å². The Labute approximate surface area is 114 Å². The molecule has 1 aromatic carbocycles. The van der Waals surface area contributed by atoms with Gasteiger partial charge in [0.1, 0.15) is 0 Å². The molecule has 0 atom stereocenters. The molecule has 2 nitrogen and oxygen atoms in total. The molecule has 1 rings (SSSR count).